The first-order valence-corrected chi connectivity index (χ1v) is 16.6. The molecule has 0 atom stereocenters. The highest BCUT2D eigenvalue weighted by atomic mass is 32.2. The van der Waals surface area contributed by atoms with Gasteiger partial charge in [0.15, 0.2) is 0 Å². The summed E-state index contributed by atoms with van der Waals surface area (Å²) in [5, 5.41) is 4.86. The van der Waals surface area contributed by atoms with Crippen molar-refractivity contribution in [1.29, 1.82) is 0 Å². The van der Waals surface area contributed by atoms with Crippen molar-refractivity contribution < 1.29 is 17.9 Å². The summed E-state index contributed by atoms with van der Waals surface area (Å²) < 4.78 is 36.0. The standard InChI is InChI=1S/C32H30N4O4S3/c1-40-27-15-13-23(14-16-27)21-35-31(37)29(42-32(35)41)20-25-22-36(26-10-4-2-5-11-26)33-30(25)24-9-8-12-28(19-24)43(38,39)34-17-6-3-7-18-34/h2,4-5,8-16,19-20,22H,3,6-7,17-18,21H2,1H3. The van der Waals surface area contributed by atoms with Gasteiger partial charge < -0.3 is 4.74 Å². The second-order valence-electron chi connectivity index (χ2n) is 10.3. The van der Waals surface area contributed by atoms with Gasteiger partial charge in [-0.1, -0.05) is 72.9 Å². The van der Waals surface area contributed by atoms with Crippen molar-refractivity contribution in [2.75, 3.05) is 20.2 Å². The number of ether oxygens (including phenoxy) is 1. The average molecular weight is 631 g/mol. The number of amides is 1. The van der Waals surface area contributed by atoms with Crippen LogP contribution in [0.25, 0.3) is 23.0 Å². The SMILES string of the molecule is COc1ccc(CN2C(=O)C(=Cc3cn(-c4ccccc4)nc3-c3cccc(S(=O)(=O)N4CCCCC4)c3)SC2=S)cc1. The zero-order valence-electron chi connectivity index (χ0n) is 23.5. The maximum Gasteiger partial charge on any atom is 0.266 e. The van der Waals surface area contributed by atoms with Crippen LogP contribution in [0.2, 0.25) is 0 Å². The van der Waals surface area contributed by atoms with Crippen molar-refractivity contribution in [3.63, 3.8) is 0 Å². The van der Waals surface area contributed by atoms with E-state index in [9.17, 15) is 13.2 Å². The molecule has 2 saturated heterocycles. The number of thioether (sulfide) groups is 1. The first-order chi connectivity index (χ1) is 20.8. The maximum atomic E-state index is 13.5. The molecule has 2 aliphatic heterocycles. The second kappa shape index (κ2) is 12.5. The summed E-state index contributed by atoms with van der Waals surface area (Å²) in [6.45, 7) is 1.40. The van der Waals surface area contributed by atoms with Crippen LogP contribution in [0.4, 0.5) is 0 Å². The molecular formula is C32H30N4O4S3. The number of para-hydroxylation sites is 1. The van der Waals surface area contributed by atoms with Crippen molar-refractivity contribution >= 4 is 50.3 Å². The number of nitrogens with zero attached hydrogens (tertiary/aromatic N) is 4. The number of piperidine rings is 1. The molecule has 0 unspecified atom stereocenters. The minimum atomic E-state index is -3.64. The molecule has 0 aliphatic carbocycles. The van der Waals surface area contributed by atoms with E-state index >= 15 is 0 Å². The van der Waals surface area contributed by atoms with E-state index in [4.69, 9.17) is 22.1 Å². The van der Waals surface area contributed by atoms with Gasteiger partial charge >= 0.3 is 0 Å². The van der Waals surface area contributed by atoms with Crippen molar-refractivity contribution in [3.8, 4) is 22.7 Å². The summed E-state index contributed by atoms with van der Waals surface area (Å²) >= 11 is 6.84. The summed E-state index contributed by atoms with van der Waals surface area (Å²) in [5.41, 5.74) is 3.67. The van der Waals surface area contributed by atoms with E-state index in [1.54, 1.807) is 45.3 Å². The highest BCUT2D eigenvalue weighted by Crippen LogP contribution is 2.36. The van der Waals surface area contributed by atoms with Crippen LogP contribution in [-0.2, 0) is 21.4 Å². The Morgan fingerprint density at radius 1 is 0.977 bits per heavy atom. The molecular weight excluding hydrogens is 601 g/mol. The largest absolute Gasteiger partial charge is 0.497 e. The average Bonchev–Trinajstić information content (AvgIpc) is 3.58. The summed E-state index contributed by atoms with van der Waals surface area (Å²) in [4.78, 5) is 15.8. The smallest absolute Gasteiger partial charge is 0.266 e. The number of aromatic nitrogens is 2. The Morgan fingerprint density at radius 2 is 1.72 bits per heavy atom. The van der Waals surface area contributed by atoms with E-state index in [0.717, 1.165) is 36.3 Å². The van der Waals surface area contributed by atoms with Gasteiger partial charge in [0.1, 0.15) is 15.8 Å². The third kappa shape index (κ3) is 6.16. The van der Waals surface area contributed by atoms with Crippen LogP contribution < -0.4 is 4.74 Å². The normalized spacial score (nSPS) is 17.1. The third-order valence-corrected chi connectivity index (χ3v) is 10.8. The molecule has 3 heterocycles. The summed E-state index contributed by atoms with van der Waals surface area (Å²) in [5.74, 6) is 0.551. The molecule has 0 bridgehead atoms. The maximum absolute atomic E-state index is 13.5. The fourth-order valence-corrected chi connectivity index (χ4v) is 7.99. The molecule has 0 saturated carbocycles. The van der Waals surface area contributed by atoms with Crippen molar-refractivity contribution in [2.45, 2.75) is 30.7 Å². The van der Waals surface area contributed by atoms with E-state index in [2.05, 4.69) is 0 Å². The summed E-state index contributed by atoms with van der Waals surface area (Å²) in [6, 6.07) is 24.1. The topological polar surface area (TPSA) is 84.7 Å². The predicted octanol–water partition coefficient (Wildman–Crippen LogP) is 6.12. The molecule has 0 spiro atoms. The number of hydrogen-bond donors (Lipinski definition) is 0. The number of carbonyl (C=O) groups excluding carboxylic acids is 1. The lowest BCUT2D eigenvalue weighted by Crippen LogP contribution is -2.35. The van der Waals surface area contributed by atoms with Crippen LogP contribution in [-0.4, -0.2) is 57.8 Å². The lowest BCUT2D eigenvalue weighted by Gasteiger charge is -2.26. The van der Waals surface area contributed by atoms with Gasteiger partial charge in [-0.05, 0) is 60.9 Å². The molecule has 2 fully saturated rings. The van der Waals surface area contributed by atoms with Gasteiger partial charge in [0.25, 0.3) is 5.91 Å². The van der Waals surface area contributed by atoms with Gasteiger partial charge in [-0.25, -0.2) is 13.1 Å². The van der Waals surface area contributed by atoms with E-state index in [0.29, 0.717) is 45.7 Å². The Hall–Kier alpha value is -3.77. The first-order valence-electron chi connectivity index (χ1n) is 14.0. The molecule has 0 radical (unpaired) electrons. The van der Waals surface area contributed by atoms with Gasteiger partial charge in [0, 0.05) is 30.4 Å². The Balaban J connectivity index is 1.36. The number of methoxy groups -OCH3 is 1. The van der Waals surface area contributed by atoms with Gasteiger partial charge in [0.05, 0.1) is 29.1 Å². The minimum absolute atomic E-state index is 0.189. The molecule has 0 N–H and O–H groups in total. The molecule has 11 heteroatoms. The predicted molar refractivity (Wildman–Crippen MR) is 173 cm³/mol. The number of hydrogen-bond acceptors (Lipinski definition) is 7. The third-order valence-electron chi connectivity index (χ3n) is 7.48. The lowest BCUT2D eigenvalue weighted by atomic mass is 10.1. The fraction of sp³-hybridized carbons (Fsp3) is 0.219. The zero-order chi connectivity index (χ0) is 30.0. The number of carbonyl (C=O) groups is 1. The molecule has 2 aliphatic rings. The molecule has 1 aromatic heterocycles. The van der Waals surface area contributed by atoms with E-state index in [1.807, 2.05) is 66.9 Å². The van der Waals surface area contributed by atoms with Crippen molar-refractivity contribution in [2.24, 2.45) is 0 Å². The van der Waals surface area contributed by atoms with Crippen LogP contribution in [0, 0.1) is 0 Å². The highest BCUT2D eigenvalue weighted by Gasteiger charge is 2.33. The van der Waals surface area contributed by atoms with Crippen molar-refractivity contribution in [3.05, 3.63) is 101 Å². The van der Waals surface area contributed by atoms with E-state index < -0.39 is 10.0 Å². The van der Waals surface area contributed by atoms with Crippen LogP contribution >= 0.6 is 24.0 Å². The quantitative estimate of drug-likeness (QED) is 0.171. The number of sulfonamides is 1. The summed E-state index contributed by atoms with van der Waals surface area (Å²) in [6.07, 6.45) is 6.41. The van der Waals surface area contributed by atoms with Crippen LogP contribution in [0.5, 0.6) is 5.75 Å². The van der Waals surface area contributed by atoms with Crippen LogP contribution in [0.1, 0.15) is 30.4 Å². The first kappa shape index (κ1) is 29.3. The second-order valence-corrected chi connectivity index (χ2v) is 13.9. The lowest BCUT2D eigenvalue weighted by molar-refractivity contribution is -0.122. The van der Waals surface area contributed by atoms with Gasteiger partial charge in [0.2, 0.25) is 10.0 Å². The number of rotatable bonds is 8. The highest BCUT2D eigenvalue weighted by molar-refractivity contribution is 8.26. The summed E-state index contributed by atoms with van der Waals surface area (Å²) in [7, 11) is -2.03. The molecule has 8 nitrogen and oxygen atoms in total. The van der Waals surface area contributed by atoms with E-state index in [1.165, 1.54) is 11.8 Å². The monoisotopic (exact) mass is 630 g/mol. The van der Waals surface area contributed by atoms with E-state index in [-0.39, 0.29) is 10.8 Å². The number of thiocarbonyl (C=S) groups is 1. The Morgan fingerprint density at radius 3 is 2.44 bits per heavy atom. The molecule has 6 rings (SSSR count). The van der Waals surface area contributed by atoms with Crippen LogP contribution in [0.3, 0.4) is 0 Å². The molecule has 220 valence electrons. The van der Waals surface area contributed by atoms with Crippen molar-refractivity contribution in [1.82, 2.24) is 19.0 Å². The van der Waals surface area contributed by atoms with Gasteiger partial charge in [-0.3, -0.25) is 9.69 Å². The number of benzene rings is 3. The van der Waals surface area contributed by atoms with Crippen LogP contribution in [0.15, 0.2) is 94.9 Å². The Bertz CT molecular complexity index is 1800. The fourth-order valence-electron chi connectivity index (χ4n) is 5.18. The Kier molecular flexibility index (Phi) is 8.49. The van der Waals surface area contributed by atoms with Gasteiger partial charge in [-0.15, -0.1) is 0 Å². The molecule has 3 aromatic carbocycles. The molecule has 1 amide bonds. The molecule has 4 aromatic rings. The van der Waals surface area contributed by atoms with Gasteiger partial charge in [-0.2, -0.15) is 9.40 Å². The Labute approximate surface area is 261 Å². The zero-order valence-corrected chi connectivity index (χ0v) is 26.0. The molecule has 43 heavy (non-hydrogen) atoms. The minimum Gasteiger partial charge on any atom is -0.497 e.